The van der Waals surface area contributed by atoms with E-state index in [4.69, 9.17) is 25.0 Å². The van der Waals surface area contributed by atoms with E-state index in [1.54, 1.807) is 0 Å². The van der Waals surface area contributed by atoms with Gasteiger partial charge in [-0.3, -0.25) is 4.79 Å². The smallest absolute Gasteiger partial charge is 0.392 e. The van der Waals surface area contributed by atoms with Crippen molar-refractivity contribution in [3.8, 4) is 0 Å². The summed E-state index contributed by atoms with van der Waals surface area (Å²) in [5.41, 5.74) is 0. The van der Waals surface area contributed by atoms with Gasteiger partial charge in [0.15, 0.2) is 8.32 Å². The van der Waals surface area contributed by atoms with Crippen molar-refractivity contribution in [3.63, 3.8) is 0 Å². The summed E-state index contributed by atoms with van der Waals surface area (Å²) < 4.78 is 42.7. The molecule has 246 valence electrons. The van der Waals surface area contributed by atoms with E-state index in [1.165, 1.54) is 6.92 Å². The highest BCUT2D eigenvalue weighted by Gasteiger charge is 2.56. The maximum absolute atomic E-state index is 12.1. The van der Waals surface area contributed by atoms with Crippen LogP contribution in [0.2, 0.25) is 78.6 Å². The molecule has 0 radical (unpaired) electrons. The molecule has 13 heteroatoms. The van der Waals surface area contributed by atoms with Crippen LogP contribution in [-0.2, 0) is 29.8 Å². The first-order valence-electron chi connectivity index (χ1n) is 16.9. The van der Waals surface area contributed by atoms with Gasteiger partial charge in [-0.05, 0) is 78.6 Å². The molecule has 0 bridgehead atoms. The molecule has 0 unspecified atom stereocenters. The minimum Gasteiger partial charge on any atom is -0.495 e. The van der Waals surface area contributed by atoms with Gasteiger partial charge >= 0.3 is 42.8 Å². The Kier molecular flexibility index (Phi) is 18.8. The van der Waals surface area contributed by atoms with Crippen LogP contribution in [0.3, 0.4) is 0 Å². The molecule has 7 nitrogen and oxygen atoms in total. The average Bonchev–Trinajstić information content (AvgIpc) is 3.01. The lowest BCUT2D eigenvalue weighted by Crippen LogP contribution is -2.65. The van der Waals surface area contributed by atoms with Crippen molar-refractivity contribution in [1.82, 2.24) is 0 Å². The third-order valence-corrected chi connectivity index (χ3v) is 40.0. The molecule has 0 saturated heterocycles. The van der Waals surface area contributed by atoms with E-state index in [-0.39, 0.29) is 5.97 Å². The van der Waals surface area contributed by atoms with Crippen molar-refractivity contribution in [2.24, 2.45) is 0 Å². The average molecular weight is 685 g/mol. The second kappa shape index (κ2) is 18.5. The van der Waals surface area contributed by atoms with Gasteiger partial charge in [0.2, 0.25) is 0 Å². The van der Waals surface area contributed by atoms with E-state index < -0.39 is 51.1 Å². The first kappa shape index (κ1) is 41.6. The van der Waals surface area contributed by atoms with E-state index in [0.29, 0.717) is 0 Å². The van der Waals surface area contributed by atoms with Crippen LogP contribution >= 0.6 is 0 Å². The number of carbonyl (C=O) groups is 1. The zero-order valence-corrected chi connectivity index (χ0v) is 35.6. The molecule has 0 aromatic rings. The molecular formula is C28H68O7Si6. The van der Waals surface area contributed by atoms with Gasteiger partial charge < -0.3 is 25.0 Å². The fourth-order valence-electron chi connectivity index (χ4n) is 5.78. The van der Waals surface area contributed by atoms with Crippen LogP contribution in [-0.4, -0.2) is 57.1 Å². The zero-order valence-electron chi connectivity index (χ0n) is 29.6. The predicted octanol–water partition coefficient (Wildman–Crippen LogP) is 10.0. The lowest BCUT2D eigenvalue weighted by atomic mass is 10.9. The van der Waals surface area contributed by atoms with Crippen molar-refractivity contribution >= 4 is 57.1 Å². The number of carbonyl (C=O) groups excluding carboxylic acids is 1. The highest BCUT2D eigenvalue weighted by atomic mass is 28.5. The third-order valence-electron chi connectivity index (χ3n) is 9.54. The number of hydrogen-bond acceptors (Lipinski definition) is 7. The summed E-state index contributed by atoms with van der Waals surface area (Å²) >= 11 is 0. The Morgan fingerprint density at radius 1 is 0.366 bits per heavy atom. The summed E-state index contributed by atoms with van der Waals surface area (Å²) in [4.78, 5) is 12.1. The summed E-state index contributed by atoms with van der Waals surface area (Å²) in [5.74, 6) is -0.260. The molecule has 0 aromatic heterocycles. The van der Waals surface area contributed by atoms with Gasteiger partial charge in [-0.25, -0.2) is 0 Å². The van der Waals surface area contributed by atoms with Gasteiger partial charge in [0.1, 0.15) is 0 Å². The Hall–Kier alpha value is 0.571. The third kappa shape index (κ3) is 10.9. The molecule has 0 rings (SSSR count). The Bertz CT molecular complexity index is 725. The maximum Gasteiger partial charge on any atom is 0.392 e. The maximum atomic E-state index is 12.1. The van der Waals surface area contributed by atoms with E-state index >= 15 is 0 Å². The Morgan fingerprint density at radius 3 is 0.780 bits per heavy atom. The molecule has 0 aliphatic rings. The summed E-state index contributed by atoms with van der Waals surface area (Å²) in [6.07, 6.45) is 0. The fourth-order valence-corrected chi connectivity index (χ4v) is 39.1. The van der Waals surface area contributed by atoms with Gasteiger partial charge in [-0.1, -0.05) is 90.0 Å². The minimum atomic E-state index is -2.75. The summed E-state index contributed by atoms with van der Waals surface area (Å²) in [5, 5.41) is 0. The summed E-state index contributed by atoms with van der Waals surface area (Å²) in [6.45, 7) is 30.3. The Labute approximate surface area is 261 Å². The van der Waals surface area contributed by atoms with E-state index in [0.717, 1.165) is 78.6 Å². The van der Waals surface area contributed by atoms with Crippen LogP contribution in [0.4, 0.5) is 0 Å². The van der Waals surface area contributed by atoms with Crippen molar-refractivity contribution in [1.29, 1.82) is 0 Å². The second-order valence-corrected chi connectivity index (χ2v) is 36.4. The van der Waals surface area contributed by atoms with Gasteiger partial charge in [0, 0.05) is 6.92 Å². The Balaban J connectivity index is 6.72. The molecule has 0 spiro atoms. The molecule has 41 heavy (non-hydrogen) atoms. The van der Waals surface area contributed by atoms with Crippen LogP contribution < -0.4 is 0 Å². The summed E-state index contributed by atoms with van der Waals surface area (Å²) in [6, 6.07) is 11.7. The topological polar surface area (TPSA) is 72.5 Å². The standard InChI is InChI=1S/C28H68O7Si6/c1-15-36(16-2,17-3)31-38(20-6,21-7)33-40(24-10,25-11)35-41(26-12,27-13)34-39(22-8,23-9)32-37(18-4,19-5)30-28(14)29/h15-27H2,1-14H3. The Morgan fingerprint density at radius 2 is 0.585 bits per heavy atom. The van der Waals surface area contributed by atoms with E-state index in [2.05, 4.69) is 90.0 Å². The van der Waals surface area contributed by atoms with Gasteiger partial charge in [-0.15, -0.1) is 0 Å². The van der Waals surface area contributed by atoms with Gasteiger partial charge in [0.05, 0.1) is 0 Å². The lowest BCUT2D eigenvalue weighted by Gasteiger charge is -2.49. The summed E-state index contributed by atoms with van der Waals surface area (Å²) in [7, 11) is -15.3. The van der Waals surface area contributed by atoms with Crippen LogP contribution in [0.25, 0.3) is 0 Å². The minimum absolute atomic E-state index is 0.260. The van der Waals surface area contributed by atoms with E-state index in [9.17, 15) is 4.79 Å². The van der Waals surface area contributed by atoms with E-state index in [1.807, 2.05) is 0 Å². The second-order valence-electron chi connectivity index (χ2n) is 11.4. The number of hydrogen-bond donors (Lipinski definition) is 0. The molecule has 0 N–H and O–H groups in total. The normalized spacial score (nSPS) is 14.0. The van der Waals surface area contributed by atoms with Crippen molar-refractivity contribution in [2.45, 2.75) is 176 Å². The van der Waals surface area contributed by atoms with Gasteiger partial charge in [-0.2, -0.15) is 0 Å². The molecule has 0 saturated carbocycles. The first-order chi connectivity index (χ1) is 19.2. The van der Waals surface area contributed by atoms with Crippen LogP contribution in [0, 0.1) is 0 Å². The first-order valence-corrected chi connectivity index (χ1v) is 30.6. The molecule has 0 fully saturated rings. The van der Waals surface area contributed by atoms with Gasteiger partial charge in [0.25, 0.3) is 5.97 Å². The highest BCUT2D eigenvalue weighted by Crippen LogP contribution is 2.40. The fraction of sp³-hybridized carbons (Fsp3) is 0.964. The van der Waals surface area contributed by atoms with Crippen LogP contribution in [0.1, 0.15) is 96.9 Å². The molecule has 0 aliphatic heterocycles. The highest BCUT2D eigenvalue weighted by molar-refractivity contribution is 6.93. The molecule has 0 aromatic carbocycles. The molecule has 0 aliphatic carbocycles. The van der Waals surface area contributed by atoms with Crippen LogP contribution in [0.5, 0.6) is 0 Å². The molecule has 0 amide bonds. The van der Waals surface area contributed by atoms with Crippen molar-refractivity contribution in [2.75, 3.05) is 0 Å². The number of rotatable bonds is 24. The van der Waals surface area contributed by atoms with Crippen molar-refractivity contribution in [3.05, 3.63) is 0 Å². The predicted molar refractivity (Wildman–Crippen MR) is 188 cm³/mol. The quantitative estimate of drug-likeness (QED) is 0.0937. The SMILES string of the molecule is CC[Si](CC)(CC)O[Si](CC)(CC)O[Si](CC)(CC)O[Si](CC)(CC)O[Si](CC)(CC)O[Si](CC)(CC)OC(C)=O. The molecule has 0 atom stereocenters. The molecule has 0 heterocycles. The van der Waals surface area contributed by atoms with Crippen molar-refractivity contribution < 1.29 is 29.8 Å². The monoisotopic (exact) mass is 684 g/mol. The zero-order chi connectivity index (χ0) is 32.0. The largest absolute Gasteiger partial charge is 0.495 e. The lowest BCUT2D eigenvalue weighted by molar-refractivity contribution is -0.133. The van der Waals surface area contributed by atoms with Crippen LogP contribution in [0.15, 0.2) is 0 Å². The molecular weight excluding hydrogens is 617 g/mol.